The van der Waals surface area contributed by atoms with Crippen LogP contribution >= 0.6 is 11.6 Å². The van der Waals surface area contributed by atoms with Crippen molar-refractivity contribution in [1.82, 2.24) is 5.32 Å². The number of rotatable bonds is 4. The lowest BCUT2D eigenvalue weighted by molar-refractivity contribution is 0.0949. The number of benzene rings is 1. The summed E-state index contributed by atoms with van der Waals surface area (Å²) in [6.07, 6.45) is 0.688. The van der Waals surface area contributed by atoms with Crippen LogP contribution in [0.25, 0.3) is 0 Å². The fourth-order valence-corrected chi connectivity index (χ4v) is 1.19. The van der Waals surface area contributed by atoms with Gasteiger partial charge in [-0.05, 0) is 24.6 Å². The topological polar surface area (TPSA) is 29.1 Å². The van der Waals surface area contributed by atoms with E-state index in [4.69, 9.17) is 11.6 Å². The van der Waals surface area contributed by atoms with E-state index in [0.29, 0.717) is 6.42 Å². The van der Waals surface area contributed by atoms with Crippen LogP contribution < -0.4 is 5.32 Å². The molecule has 0 saturated carbocycles. The highest BCUT2D eigenvalue weighted by molar-refractivity contribution is 6.20. The number of alkyl halides is 1. The molecule has 1 amide bonds. The maximum atomic E-state index is 13.2. The van der Waals surface area contributed by atoms with Gasteiger partial charge >= 0.3 is 0 Å². The fourth-order valence-electron chi connectivity index (χ4n) is 1.11. The third-order valence-corrected chi connectivity index (χ3v) is 2.56. The van der Waals surface area contributed by atoms with Crippen LogP contribution in [0.1, 0.15) is 23.7 Å². The molecule has 1 rings (SSSR count). The Morgan fingerprint density at radius 3 is 2.81 bits per heavy atom. The van der Waals surface area contributed by atoms with Gasteiger partial charge in [-0.25, -0.2) is 8.78 Å². The van der Waals surface area contributed by atoms with E-state index in [9.17, 15) is 13.6 Å². The third-order valence-electron chi connectivity index (χ3n) is 2.10. The molecule has 0 aliphatic rings. The average molecular weight is 248 g/mol. The predicted octanol–water partition coefficient (Wildman–Crippen LogP) is 2.71. The second-order valence-corrected chi connectivity index (χ2v) is 3.96. The zero-order valence-corrected chi connectivity index (χ0v) is 9.52. The van der Waals surface area contributed by atoms with Gasteiger partial charge in [-0.2, -0.15) is 0 Å². The van der Waals surface area contributed by atoms with Crippen molar-refractivity contribution in [2.24, 2.45) is 0 Å². The first-order valence-electron chi connectivity index (χ1n) is 4.92. The van der Waals surface area contributed by atoms with Crippen molar-refractivity contribution in [1.29, 1.82) is 0 Å². The van der Waals surface area contributed by atoms with Crippen molar-refractivity contribution in [2.75, 3.05) is 6.54 Å². The molecule has 1 unspecified atom stereocenters. The van der Waals surface area contributed by atoms with Gasteiger partial charge in [-0.3, -0.25) is 4.79 Å². The molecule has 0 heterocycles. The standard InChI is InChI=1S/C11H12ClF2NO/c1-2-7(12)6-15-11(16)9-5-8(13)3-4-10(9)14/h3-5,7H,2,6H2,1H3,(H,15,16). The van der Waals surface area contributed by atoms with Gasteiger partial charge in [0.1, 0.15) is 11.6 Å². The lowest BCUT2D eigenvalue weighted by Gasteiger charge is -2.09. The molecule has 0 spiro atoms. The number of hydrogen-bond donors (Lipinski definition) is 1. The summed E-state index contributed by atoms with van der Waals surface area (Å²) < 4.78 is 26.0. The molecule has 16 heavy (non-hydrogen) atoms. The Labute approximate surface area is 97.6 Å². The van der Waals surface area contributed by atoms with Crippen molar-refractivity contribution in [3.8, 4) is 0 Å². The number of nitrogens with one attached hydrogen (secondary N) is 1. The summed E-state index contributed by atoms with van der Waals surface area (Å²) in [7, 11) is 0. The van der Waals surface area contributed by atoms with E-state index < -0.39 is 17.5 Å². The number of hydrogen-bond acceptors (Lipinski definition) is 1. The molecule has 0 aliphatic carbocycles. The molecule has 0 aromatic heterocycles. The van der Waals surface area contributed by atoms with Crippen LogP contribution in [0.2, 0.25) is 0 Å². The first-order chi connectivity index (χ1) is 7.54. The maximum absolute atomic E-state index is 13.2. The molecule has 2 nitrogen and oxygen atoms in total. The Kier molecular flexibility index (Phi) is 4.68. The molecule has 0 saturated heterocycles. The predicted molar refractivity (Wildman–Crippen MR) is 58.6 cm³/mol. The molecule has 0 fully saturated rings. The number of halogens is 3. The second kappa shape index (κ2) is 5.80. The van der Waals surface area contributed by atoms with E-state index in [1.807, 2.05) is 6.92 Å². The largest absolute Gasteiger partial charge is 0.350 e. The van der Waals surface area contributed by atoms with Gasteiger partial charge in [0, 0.05) is 6.54 Å². The molecular weight excluding hydrogens is 236 g/mol. The summed E-state index contributed by atoms with van der Waals surface area (Å²) in [4.78, 5) is 11.5. The summed E-state index contributed by atoms with van der Waals surface area (Å²) in [6.45, 7) is 2.10. The summed E-state index contributed by atoms with van der Waals surface area (Å²) in [6, 6.07) is 2.74. The minimum Gasteiger partial charge on any atom is -0.350 e. The third kappa shape index (κ3) is 3.45. The highest BCUT2D eigenvalue weighted by Crippen LogP contribution is 2.09. The van der Waals surface area contributed by atoms with Gasteiger partial charge < -0.3 is 5.32 Å². The smallest absolute Gasteiger partial charge is 0.254 e. The summed E-state index contributed by atoms with van der Waals surface area (Å²) in [5.74, 6) is -2.05. The molecule has 88 valence electrons. The molecule has 0 bridgehead atoms. The highest BCUT2D eigenvalue weighted by Gasteiger charge is 2.13. The van der Waals surface area contributed by atoms with Gasteiger partial charge in [-0.1, -0.05) is 6.92 Å². The second-order valence-electron chi connectivity index (χ2n) is 3.34. The van der Waals surface area contributed by atoms with Crippen molar-refractivity contribution in [3.05, 3.63) is 35.4 Å². The van der Waals surface area contributed by atoms with Gasteiger partial charge in [0.15, 0.2) is 0 Å². The zero-order valence-electron chi connectivity index (χ0n) is 8.77. The Morgan fingerprint density at radius 2 is 2.19 bits per heavy atom. The van der Waals surface area contributed by atoms with E-state index in [2.05, 4.69) is 5.32 Å². The van der Waals surface area contributed by atoms with Crippen molar-refractivity contribution in [3.63, 3.8) is 0 Å². The molecule has 1 atom stereocenters. The Morgan fingerprint density at radius 1 is 1.50 bits per heavy atom. The Bertz CT molecular complexity index is 384. The van der Waals surface area contributed by atoms with E-state index in [1.54, 1.807) is 0 Å². The van der Waals surface area contributed by atoms with E-state index in [-0.39, 0.29) is 17.5 Å². The van der Waals surface area contributed by atoms with Crippen LogP contribution in [0.15, 0.2) is 18.2 Å². The Balaban J connectivity index is 2.69. The molecular formula is C11H12ClF2NO. The molecule has 0 radical (unpaired) electrons. The van der Waals surface area contributed by atoms with Gasteiger partial charge in [0.25, 0.3) is 5.91 Å². The van der Waals surface area contributed by atoms with Crippen LogP contribution in [0, 0.1) is 11.6 Å². The average Bonchev–Trinajstić information content (AvgIpc) is 2.28. The van der Waals surface area contributed by atoms with Crippen molar-refractivity contribution >= 4 is 17.5 Å². The minimum atomic E-state index is -0.749. The number of carbonyl (C=O) groups is 1. The van der Waals surface area contributed by atoms with Gasteiger partial charge in [0.05, 0.1) is 10.9 Å². The van der Waals surface area contributed by atoms with Crippen LogP contribution in [-0.2, 0) is 0 Å². The monoisotopic (exact) mass is 247 g/mol. The lowest BCUT2D eigenvalue weighted by Crippen LogP contribution is -2.30. The summed E-state index contributed by atoms with van der Waals surface area (Å²) >= 11 is 5.79. The van der Waals surface area contributed by atoms with Crippen LogP contribution in [-0.4, -0.2) is 17.8 Å². The fraction of sp³-hybridized carbons (Fsp3) is 0.364. The quantitative estimate of drug-likeness (QED) is 0.815. The highest BCUT2D eigenvalue weighted by atomic mass is 35.5. The van der Waals surface area contributed by atoms with E-state index >= 15 is 0 Å². The van der Waals surface area contributed by atoms with Gasteiger partial charge in [-0.15, -0.1) is 11.6 Å². The molecule has 1 aromatic rings. The SMILES string of the molecule is CCC(Cl)CNC(=O)c1cc(F)ccc1F. The number of amides is 1. The lowest BCUT2D eigenvalue weighted by atomic mass is 10.2. The van der Waals surface area contributed by atoms with E-state index in [1.165, 1.54) is 0 Å². The van der Waals surface area contributed by atoms with Gasteiger partial charge in [0.2, 0.25) is 0 Å². The first-order valence-corrected chi connectivity index (χ1v) is 5.35. The van der Waals surface area contributed by atoms with Crippen LogP contribution in [0.3, 0.4) is 0 Å². The first kappa shape index (κ1) is 12.9. The normalized spacial score (nSPS) is 12.2. The van der Waals surface area contributed by atoms with Crippen LogP contribution in [0.4, 0.5) is 8.78 Å². The van der Waals surface area contributed by atoms with E-state index in [0.717, 1.165) is 18.2 Å². The van der Waals surface area contributed by atoms with Crippen molar-refractivity contribution < 1.29 is 13.6 Å². The molecule has 5 heteroatoms. The summed E-state index contributed by atoms with van der Waals surface area (Å²) in [5, 5.41) is 2.23. The number of carbonyl (C=O) groups excluding carboxylic acids is 1. The van der Waals surface area contributed by atoms with Crippen LogP contribution in [0.5, 0.6) is 0 Å². The summed E-state index contributed by atoms with van der Waals surface area (Å²) in [5.41, 5.74) is -0.306. The van der Waals surface area contributed by atoms with Crippen molar-refractivity contribution in [2.45, 2.75) is 18.7 Å². The zero-order chi connectivity index (χ0) is 12.1. The Hall–Kier alpha value is -1.16. The maximum Gasteiger partial charge on any atom is 0.254 e. The minimum absolute atomic E-state index is 0.208. The molecule has 1 aromatic carbocycles. The molecule has 1 N–H and O–H groups in total. The molecule has 0 aliphatic heterocycles.